The molecule has 5 nitrogen and oxygen atoms in total. The molecule has 2 aromatic heterocycles. The molecule has 0 atom stereocenters. The second-order valence-electron chi connectivity index (χ2n) is 4.46. The molecule has 0 aromatic carbocycles. The minimum Gasteiger partial charge on any atom is -0.292 e. The van der Waals surface area contributed by atoms with E-state index >= 15 is 0 Å². The SMILES string of the molecule is Cc1nc(C(=O)CC(=O)c2cc(C)n(C)n2)c(C)s1. The molecule has 0 fully saturated rings. The molecule has 0 N–H and O–H groups in total. The van der Waals surface area contributed by atoms with E-state index in [1.807, 2.05) is 20.8 Å². The van der Waals surface area contributed by atoms with E-state index in [0.29, 0.717) is 11.4 Å². The summed E-state index contributed by atoms with van der Waals surface area (Å²) in [6.07, 6.45) is -0.180. The molecule has 0 bridgehead atoms. The molecule has 2 heterocycles. The van der Waals surface area contributed by atoms with Gasteiger partial charge in [0.15, 0.2) is 11.6 Å². The van der Waals surface area contributed by atoms with Crippen LogP contribution in [0.4, 0.5) is 0 Å². The Balaban J connectivity index is 2.15. The lowest BCUT2D eigenvalue weighted by atomic mass is 10.1. The van der Waals surface area contributed by atoms with Gasteiger partial charge in [0.05, 0.1) is 11.4 Å². The van der Waals surface area contributed by atoms with E-state index in [1.54, 1.807) is 17.8 Å². The lowest BCUT2D eigenvalue weighted by Crippen LogP contribution is -2.11. The average Bonchev–Trinajstić information content (AvgIpc) is 2.82. The molecule has 6 heteroatoms. The van der Waals surface area contributed by atoms with Crippen LogP contribution in [-0.4, -0.2) is 26.3 Å². The fraction of sp³-hybridized carbons (Fsp3) is 0.385. The first-order valence-corrected chi connectivity index (χ1v) is 6.71. The number of hydrogen-bond acceptors (Lipinski definition) is 5. The summed E-state index contributed by atoms with van der Waals surface area (Å²) in [4.78, 5) is 29.1. The molecule has 0 aliphatic carbocycles. The van der Waals surface area contributed by atoms with Crippen molar-refractivity contribution in [2.24, 2.45) is 7.05 Å². The molecule has 0 aliphatic heterocycles. The molecule has 0 spiro atoms. The number of Topliss-reactive ketones (excluding diaryl/α,β-unsaturated/α-hetero) is 2. The van der Waals surface area contributed by atoms with Crippen molar-refractivity contribution >= 4 is 22.9 Å². The van der Waals surface area contributed by atoms with E-state index < -0.39 is 0 Å². The van der Waals surface area contributed by atoms with Crippen LogP contribution in [0.1, 0.15) is 43.0 Å². The number of rotatable bonds is 4. The van der Waals surface area contributed by atoms with Crippen LogP contribution >= 0.6 is 11.3 Å². The monoisotopic (exact) mass is 277 g/mol. The van der Waals surface area contributed by atoms with Gasteiger partial charge in [0.1, 0.15) is 11.4 Å². The van der Waals surface area contributed by atoms with Crippen LogP contribution in [0.3, 0.4) is 0 Å². The lowest BCUT2D eigenvalue weighted by molar-refractivity contribution is 0.0888. The van der Waals surface area contributed by atoms with Crippen molar-refractivity contribution in [1.82, 2.24) is 14.8 Å². The maximum absolute atomic E-state index is 12.0. The minimum absolute atomic E-state index is 0.180. The molecule has 0 aliphatic rings. The van der Waals surface area contributed by atoms with Crippen molar-refractivity contribution in [2.45, 2.75) is 27.2 Å². The third-order valence-electron chi connectivity index (χ3n) is 2.89. The van der Waals surface area contributed by atoms with Crippen molar-refractivity contribution in [2.75, 3.05) is 0 Å². The lowest BCUT2D eigenvalue weighted by Gasteiger charge is -1.96. The second-order valence-corrected chi connectivity index (χ2v) is 5.86. The summed E-state index contributed by atoms with van der Waals surface area (Å²) in [5.41, 5.74) is 1.62. The van der Waals surface area contributed by atoms with Gasteiger partial charge in [0.2, 0.25) is 0 Å². The molecule has 100 valence electrons. The van der Waals surface area contributed by atoms with Gasteiger partial charge < -0.3 is 0 Å². The van der Waals surface area contributed by atoms with Crippen molar-refractivity contribution < 1.29 is 9.59 Å². The first kappa shape index (κ1) is 13.6. The van der Waals surface area contributed by atoms with Gasteiger partial charge in [0, 0.05) is 17.6 Å². The maximum Gasteiger partial charge on any atom is 0.190 e. The average molecular weight is 277 g/mol. The van der Waals surface area contributed by atoms with Gasteiger partial charge in [-0.3, -0.25) is 14.3 Å². The maximum atomic E-state index is 12.0. The van der Waals surface area contributed by atoms with Crippen molar-refractivity contribution in [1.29, 1.82) is 0 Å². The molecular formula is C13H15N3O2S. The fourth-order valence-corrected chi connectivity index (χ4v) is 2.64. The van der Waals surface area contributed by atoms with Gasteiger partial charge in [-0.15, -0.1) is 11.3 Å². The third kappa shape index (κ3) is 2.78. The predicted octanol–water partition coefficient (Wildman–Crippen LogP) is 2.26. The van der Waals surface area contributed by atoms with Gasteiger partial charge in [-0.2, -0.15) is 5.10 Å². The predicted molar refractivity (Wildman–Crippen MR) is 72.8 cm³/mol. The molecule has 0 amide bonds. The highest BCUT2D eigenvalue weighted by Crippen LogP contribution is 2.18. The normalized spacial score (nSPS) is 10.7. The van der Waals surface area contributed by atoms with Gasteiger partial charge in [-0.1, -0.05) is 0 Å². The van der Waals surface area contributed by atoms with Crippen LogP contribution in [0.25, 0.3) is 0 Å². The van der Waals surface area contributed by atoms with E-state index in [0.717, 1.165) is 15.6 Å². The molecule has 2 aromatic rings. The van der Waals surface area contributed by atoms with Gasteiger partial charge in [0.25, 0.3) is 0 Å². The Bertz CT molecular complexity index is 635. The number of carbonyl (C=O) groups excluding carboxylic acids is 2. The van der Waals surface area contributed by atoms with Crippen molar-refractivity contribution in [3.05, 3.63) is 33.0 Å². The van der Waals surface area contributed by atoms with E-state index in [2.05, 4.69) is 10.1 Å². The van der Waals surface area contributed by atoms with E-state index in [4.69, 9.17) is 0 Å². The summed E-state index contributed by atoms with van der Waals surface area (Å²) < 4.78 is 1.62. The molecule has 0 radical (unpaired) electrons. The zero-order valence-electron chi connectivity index (χ0n) is 11.4. The summed E-state index contributed by atoms with van der Waals surface area (Å²) in [5.74, 6) is -0.506. The van der Waals surface area contributed by atoms with Crippen LogP contribution in [0.5, 0.6) is 0 Å². The number of carbonyl (C=O) groups is 2. The molecule has 2 rings (SSSR count). The van der Waals surface area contributed by atoms with Crippen LogP contribution in [-0.2, 0) is 7.05 Å². The number of nitrogens with zero attached hydrogens (tertiary/aromatic N) is 3. The van der Waals surface area contributed by atoms with E-state index in [9.17, 15) is 9.59 Å². The van der Waals surface area contributed by atoms with Crippen LogP contribution in [0.15, 0.2) is 6.07 Å². The molecule has 0 saturated heterocycles. The van der Waals surface area contributed by atoms with Crippen molar-refractivity contribution in [3.8, 4) is 0 Å². The van der Waals surface area contributed by atoms with Gasteiger partial charge >= 0.3 is 0 Å². The molecular weight excluding hydrogens is 262 g/mol. The Kier molecular flexibility index (Phi) is 3.61. The van der Waals surface area contributed by atoms with Gasteiger partial charge in [-0.05, 0) is 26.8 Å². The Labute approximate surface area is 115 Å². The smallest absolute Gasteiger partial charge is 0.190 e. The number of aromatic nitrogens is 3. The Morgan fingerprint density at radius 3 is 2.42 bits per heavy atom. The Hall–Kier alpha value is -1.82. The summed E-state index contributed by atoms with van der Waals surface area (Å²) in [7, 11) is 1.77. The number of thiazole rings is 1. The minimum atomic E-state index is -0.265. The zero-order chi connectivity index (χ0) is 14.2. The van der Waals surface area contributed by atoms with Crippen LogP contribution < -0.4 is 0 Å². The topological polar surface area (TPSA) is 64.8 Å². The fourth-order valence-electron chi connectivity index (χ4n) is 1.80. The largest absolute Gasteiger partial charge is 0.292 e. The van der Waals surface area contributed by atoms with E-state index in [1.165, 1.54) is 11.3 Å². The van der Waals surface area contributed by atoms with Crippen molar-refractivity contribution in [3.63, 3.8) is 0 Å². The van der Waals surface area contributed by atoms with Crippen LogP contribution in [0.2, 0.25) is 0 Å². The number of aryl methyl sites for hydroxylation is 4. The quantitative estimate of drug-likeness (QED) is 0.635. The molecule has 0 unspecified atom stereocenters. The Morgan fingerprint density at radius 2 is 1.95 bits per heavy atom. The standard InChI is InChI=1S/C13H15N3O2S/c1-7-5-10(15-16(7)4)11(17)6-12(18)13-8(2)19-9(3)14-13/h5H,6H2,1-4H3. The Morgan fingerprint density at radius 1 is 1.26 bits per heavy atom. The third-order valence-corrected chi connectivity index (χ3v) is 3.77. The molecule has 19 heavy (non-hydrogen) atoms. The summed E-state index contributed by atoms with van der Waals surface area (Å²) >= 11 is 1.46. The number of ketones is 2. The molecule has 0 saturated carbocycles. The second kappa shape index (κ2) is 5.05. The highest BCUT2D eigenvalue weighted by atomic mass is 32.1. The number of hydrogen-bond donors (Lipinski definition) is 0. The van der Waals surface area contributed by atoms with Crippen LogP contribution in [0, 0.1) is 20.8 Å². The first-order chi connectivity index (χ1) is 8.88. The first-order valence-electron chi connectivity index (χ1n) is 5.89. The zero-order valence-corrected chi connectivity index (χ0v) is 12.2. The van der Waals surface area contributed by atoms with E-state index in [-0.39, 0.29) is 18.0 Å². The highest BCUT2D eigenvalue weighted by Gasteiger charge is 2.20. The van der Waals surface area contributed by atoms with Gasteiger partial charge in [-0.25, -0.2) is 4.98 Å². The summed E-state index contributed by atoms with van der Waals surface area (Å²) in [6.45, 7) is 5.55. The highest BCUT2D eigenvalue weighted by molar-refractivity contribution is 7.11. The summed E-state index contributed by atoms with van der Waals surface area (Å²) in [5, 5.41) is 4.92. The summed E-state index contributed by atoms with van der Waals surface area (Å²) in [6, 6.07) is 1.69.